The number of ether oxygens (including phenoxy) is 2. The number of piperazine rings is 1. The summed E-state index contributed by atoms with van der Waals surface area (Å²) in [4.78, 5) is 29.1. The number of carbonyl (C=O) groups excluding carboxylic acids is 2. The molecule has 0 unspecified atom stereocenters. The van der Waals surface area contributed by atoms with Crippen molar-refractivity contribution in [2.24, 2.45) is 0 Å². The molecule has 1 saturated heterocycles. The first-order valence-corrected chi connectivity index (χ1v) is 10.0. The van der Waals surface area contributed by atoms with Gasteiger partial charge >= 0.3 is 11.8 Å². The molecule has 1 atom stereocenters. The molecule has 1 fully saturated rings. The zero-order chi connectivity index (χ0) is 20.9. The zero-order valence-electron chi connectivity index (χ0n) is 16.9. The Labute approximate surface area is 174 Å². The minimum absolute atomic E-state index is 0.0741. The van der Waals surface area contributed by atoms with E-state index in [-0.39, 0.29) is 19.4 Å². The highest BCUT2D eigenvalue weighted by atomic mass is 16.7. The van der Waals surface area contributed by atoms with Gasteiger partial charge in [-0.2, -0.15) is 0 Å². The highest BCUT2D eigenvalue weighted by Crippen LogP contribution is 2.35. The fourth-order valence-electron chi connectivity index (χ4n) is 3.64. The summed E-state index contributed by atoms with van der Waals surface area (Å²) >= 11 is 0. The van der Waals surface area contributed by atoms with E-state index in [9.17, 15) is 9.59 Å². The summed E-state index contributed by atoms with van der Waals surface area (Å²) in [5.41, 5.74) is 1.01. The number of furan rings is 1. The normalized spacial score (nSPS) is 17.5. The molecule has 160 valence electrons. The van der Waals surface area contributed by atoms with E-state index in [1.54, 1.807) is 12.1 Å². The first kappa shape index (κ1) is 20.2. The SMILES string of the molecule is CN1CCN([C@@H](CNC(=O)C(=O)NCc2ccco2)c2ccc3c(c2)OCO3)CC1. The summed E-state index contributed by atoms with van der Waals surface area (Å²) in [6.07, 6.45) is 1.52. The van der Waals surface area contributed by atoms with Crippen molar-refractivity contribution < 1.29 is 23.5 Å². The standard InChI is InChI=1S/C21H26N4O5/c1-24-6-8-25(9-7-24)17(15-4-5-18-19(11-15)30-14-29-18)13-23-21(27)20(26)22-12-16-3-2-10-28-16/h2-5,10-11,17H,6-9,12-14H2,1H3,(H,22,26)(H,23,27)/t17-/m0/s1. The lowest BCUT2D eigenvalue weighted by Crippen LogP contribution is -2.49. The van der Waals surface area contributed by atoms with Crippen LogP contribution in [0.4, 0.5) is 0 Å². The Kier molecular flexibility index (Phi) is 6.20. The molecule has 2 amide bonds. The lowest BCUT2D eigenvalue weighted by atomic mass is 10.0. The topological polar surface area (TPSA) is 96.3 Å². The molecule has 2 aliphatic heterocycles. The lowest BCUT2D eigenvalue weighted by Gasteiger charge is -2.38. The van der Waals surface area contributed by atoms with Crippen LogP contribution in [-0.4, -0.2) is 68.2 Å². The number of likely N-dealkylation sites (N-methyl/N-ethyl adjacent to an activating group) is 1. The van der Waals surface area contributed by atoms with Crippen LogP contribution in [0.2, 0.25) is 0 Å². The summed E-state index contributed by atoms with van der Waals surface area (Å²) in [5, 5.41) is 5.34. The monoisotopic (exact) mass is 414 g/mol. The first-order chi connectivity index (χ1) is 14.6. The quantitative estimate of drug-likeness (QED) is 0.673. The second-order valence-electron chi connectivity index (χ2n) is 7.44. The van der Waals surface area contributed by atoms with Crippen molar-refractivity contribution in [3.05, 3.63) is 47.9 Å². The molecule has 1 aromatic heterocycles. The molecule has 1 aromatic carbocycles. The maximum atomic E-state index is 12.3. The number of nitrogens with one attached hydrogen (secondary N) is 2. The Morgan fingerprint density at radius 1 is 1.03 bits per heavy atom. The molecule has 3 heterocycles. The molecule has 4 rings (SSSR count). The van der Waals surface area contributed by atoms with Crippen LogP contribution in [0.15, 0.2) is 41.0 Å². The fourth-order valence-corrected chi connectivity index (χ4v) is 3.64. The van der Waals surface area contributed by atoms with Crippen molar-refractivity contribution in [2.75, 3.05) is 46.6 Å². The second-order valence-corrected chi connectivity index (χ2v) is 7.44. The van der Waals surface area contributed by atoms with Gasteiger partial charge in [0.2, 0.25) is 6.79 Å². The predicted molar refractivity (Wildman–Crippen MR) is 108 cm³/mol. The second kappa shape index (κ2) is 9.19. The van der Waals surface area contributed by atoms with Gasteiger partial charge in [-0.15, -0.1) is 0 Å². The van der Waals surface area contributed by atoms with E-state index in [0.29, 0.717) is 18.1 Å². The van der Waals surface area contributed by atoms with Crippen LogP contribution in [0, 0.1) is 0 Å². The molecule has 0 spiro atoms. The predicted octanol–water partition coefficient (Wildman–Crippen LogP) is 0.729. The van der Waals surface area contributed by atoms with Gasteiger partial charge in [-0.3, -0.25) is 14.5 Å². The van der Waals surface area contributed by atoms with Crippen molar-refractivity contribution in [3.8, 4) is 11.5 Å². The fraction of sp³-hybridized carbons (Fsp3) is 0.429. The molecule has 9 heteroatoms. The smallest absolute Gasteiger partial charge is 0.309 e. The van der Waals surface area contributed by atoms with E-state index in [2.05, 4.69) is 27.5 Å². The highest BCUT2D eigenvalue weighted by Gasteiger charge is 2.27. The van der Waals surface area contributed by atoms with E-state index in [0.717, 1.165) is 37.5 Å². The molecular formula is C21H26N4O5. The number of rotatable bonds is 6. The van der Waals surface area contributed by atoms with Gasteiger partial charge < -0.3 is 29.4 Å². The summed E-state index contributed by atoms with van der Waals surface area (Å²) < 4.78 is 16.1. The number of nitrogens with zero attached hydrogens (tertiary/aromatic N) is 2. The average Bonchev–Trinajstić information content (AvgIpc) is 3.44. The molecule has 0 saturated carbocycles. The molecule has 2 N–H and O–H groups in total. The summed E-state index contributed by atoms with van der Waals surface area (Å²) in [5.74, 6) is 0.661. The Morgan fingerprint density at radius 2 is 1.80 bits per heavy atom. The third-order valence-corrected chi connectivity index (χ3v) is 5.43. The van der Waals surface area contributed by atoms with Gasteiger partial charge in [-0.25, -0.2) is 0 Å². The number of amides is 2. The van der Waals surface area contributed by atoms with Crippen LogP contribution in [0.1, 0.15) is 17.4 Å². The summed E-state index contributed by atoms with van der Waals surface area (Å²) in [6, 6.07) is 9.22. The summed E-state index contributed by atoms with van der Waals surface area (Å²) in [7, 11) is 2.10. The molecular weight excluding hydrogens is 388 g/mol. The van der Waals surface area contributed by atoms with Crippen molar-refractivity contribution >= 4 is 11.8 Å². The van der Waals surface area contributed by atoms with Crippen molar-refractivity contribution in [2.45, 2.75) is 12.6 Å². The number of carbonyl (C=O) groups is 2. The van der Waals surface area contributed by atoms with Crippen LogP contribution in [0.5, 0.6) is 11.5 Å². The Hall–Kier alpha value is -3.04. The van der Waals surface area contributed by atoms with Gasteiger partial charge in [-0.1, -0.05) is 6.07 Å². The molecule has 2 aliphatic rings. The van der Waals surface area contributed by atoms with Crippen LogP contribution in [-0.2, 0) is 16.1 Å². The number of hydrogen-bond donors (Lipinski definition) is 2. The maximum Gasteiger partial charge on any atom is 0.309 e. The van der Waals surface area contributed by atoms with E-state index < -0.39 is 11.8 Å². The van der Waals surface area contributed by atoms with E-state index in [4.69, 9.17) is 13.9 Å². The maximum absolute atomic E-state index is 12.3. The van der Waals surface area contributed by atoms with E-state index in [1.807, 2.05) is 18.2 Å². The van der Waals surface area contributed by atoms with Gasteiger partial charge in [0, 0.05) is 32.7 Å². The number of benzene rings is 1. The Bertz CT molecular complexity index is 878. The molecule has 9 nitrogen and oxygen atoms in total. The van der Waals surface area contributed by atoms with Crippen LogP contribution >= 0.6 is 0 Å². The molecule has 30 heavy (non-hydrogen) atoms. The van der Waals surface area contributed by atoms with Gasteiger partial charge in [0.1, 0.15) is 5.76 Å². The van der Waals surface area contributed by atoms with Crippen LogP contribution in [0.3, 0.4) is 0 Å². The minimum Gasteiger partial charge on any atom is -0.467 e. The lowest BCUT2D eigenvalue weighted by molar-refractivity contribution is -0.139. The van der Waals surface area contributed by atoms with Crippen molar-refractivity contribution in [3.63, 3.8) is 0 Å². The molecule has 0 bridgehead atoms. The van der Waals surface area contributed by atoms with Crippen molar-refractivity contribution in [1.82, 2.24) is 20.4 Å². The van der Waals surface area contributed by atoms with E-state index >= 15 is 0 Å². The van der Waals surface area contributed by atoms with E-state index in [1.165, 1.54) is 6.26 Å². The molecule has 2 aromatic rings. The first-order valence-electron chi connectivity index (χ1n) is 10.0. The molecule has 0 aliphatic carbocycles. The summed E-state index contributed by atoms with van der Waals surface area (Å²) in [6.45, 7) is 4.33. The highest BCUT2D eigenvalue weighted by molar-refractivity contribution is 6.35. The zero-order valence-corrected chi connectivity index (χ0v) is 16.9. The Balaban J connectivity index is 1.40. The minimum atomic E-state index is -0.686. The van der Waals surface area contributed by atoms with Crippen molar-refractivity contribution in [1.29, 1.82) is 0 Å². The van der Waals surface area contributed by atoms with Gasteiger partial charge in [0.25, 0.3) is 0 Å². The third-order valence-electron chi connectivity index (χ3n) is 5.43. The molecule has 0 radical (unpaired) electrons. The Morgan fingerprint density at radius 3 is 2.57 bits per heavy atom. The average molecular weight is 414 g/mol. The van der Waals surface area contributed by atoms with Crippen LogP contribution in [0.25, 0.3) is 0 Å². The van der Waals surface area contributed by atoms with Gasteiger partial charge in [-0.05, 0) is 36.9 Å². The number of fused-ring (bicyclic) bond motifs is 1. The van der Waals surface area contributed by atoms with Crippen LogP contribution < -0.4 is 20.1 Å². The largest absolute Gasteiger partial charge is 0.467 e. The number of hydrogen-bond acceptors (Lipinski definition) is 7. The third kappa shape index (κ3) is 4.74. The van der Waals surface area contributed by atoms with Gasteiger partial charge in [0.05, 0.1) is 18.8 Å². The van der Waals surface area contributed by atoms with Gasteiger partial charge in [0.15, 0.2) is 11.5 Å².